The monoisotopic (exact) mass is 335 g/mol. The molecule has 1 aliphatic rings. The minimum atomic E-state index is -3.33. The maximum absolute atomic E-state index is 13.2. The average Bonchev–Trinajstić information content (AvgIpc) is 2.51. The Morgan fingerprint density at radius 2 is 1.70 bits per heavy atom. The van der Waals surface area contributed by atoms with Gasteiger partial charge in [0.1, 0.15) is 5.37 Å². The lowest BCUT2D eigenvalue weighted by Crippen LogP contribution is -2.44. The summed E-state index contributed by atoms with van der Waals surface area (Å²) in [4.78, 5) is 2.60. The van der Waals surface area contributed by atoms with Crippen LogP contribution in [0.15, 0.2) is 46.4 Å². The lowest BCUT2D eigenvalue weighted by Gasteiger charge is -2.35. The van der Waals surface area contributed by atoms with E-state index in [1.165, 1.54) is 11.1 Å². The molecule has 4 heteroatoms. The van der Waals surface area contributed by atoms with E-state index >= 15 is 0 Å². The maximum Gasteiger partial charge on any atom is 0.194 e. The molecule has 1 aromatic carbocycles. The fourth-order valence-electron chi connectivity index (χ4n) is 3.07. The van der Waals surface area contributed by atoms with Crippen LogP contribution in [-0.4, -0.2) is 31.8 Å². The van der Waals surface area contributed by atoms with Gasteiger partial charge in [0, 0.05) is 13.1 Å². The topological polar surface area (TPSA) is 37.4 Å². The number of nitrogens with zero attached hydrogens (tertiary/aromatic N) is 1. The van der Waals surface area contributed by atoms with Crippen molar-refractivity contribution in [3.8, 4) is 0 Å². The van der Waals surface area contributed by atoms with Gasteiger partial charge in [0.15, 0.2) is 9.84 Å². The SMILES string of the molecule is CC1=C(C)CN(C(CCC(C)C)S(=O)(=O)c2ccccc2)CC1. The van der Waals surface area contributed by atoms with Crippen LogP contribution in [0, 0.1) is 5.92 Å². The molecule has 1 aromatic rings. The van der Waals surface area contributed by atoms with Crippen molar-refractivity contribution in [2.75, 3.05) is 13.1 Å². The zero-order chi connectivity index (χ0) is 17.0. The van der Waals surface area contributed by atoms with Crippen molar-refractivity contribution in [2.45, 2.75) is 57.2 Å². The summed E-state index contributed by atoms with van der Waals surface area (Å²) in [6.07, 6.45) is 2.59. The highest BCUT2D eigenvalue weighted by molar-refractivity contribution is 7.92. The van der Waals surface area contributed by atoms with Crippen LogP contribution in [0.5, 0.6) is 0 Å². The fourth-order valence-corrected chi connectivity index (χ4v) is 4.94. The molecule has 0 saturated heterocycles. The lowest BCUT2D eigenvalue weighted by atomic mass is 10.0. The van der Waals surface area contributed by atoms with Crippen LogP contribution < -0.4 is 0 Å². The molecule has 2 rings (SSSR count). The molecule has 0 aromatic heterocycles. The van der Waals surface area contributed by atoms with Crippen molar-refractivity contribution in [2.24, 2.45) is 5.92 Å². The predicted octanol–water partition coefficient (Wildman–Crippen LogP) is 4.26. The highest BCUT2D eigenvalue weighted by atomic mass is 32.2. The number of hydrogen-bond donors (Lipinski definition) is 0. The molecule has 0 bridgehead atoms. The van der Waals surface area contributed by atoms with Gasteiger partial charge in [0.25, 0.3) is 0 Å². The van der Waals surface area contributed by atoms with Crippen LogP contribution >= 0.6 is 0 Å². The number of hydrogen-bond acceptors (Lipinski definition) is 3. The standard InChI is InChI=1S/C19H29NO2S/c1-15(2)10-11-19(20-13-12-16(3)17(4)14-20)23(21,22)18-8-6-5-7-9-18/h5-9,15,19H,10-14H2,1-4H3. The summed E-state index contributed by atoms with van der Waals surface area (Å²) in [6, 6.07) is 8.90. The van der Waals surface area contributed by atoms with Crippen LogP contribution in [-0.2, 0) is 9.84 Å². The zero-order valence-corrected chi connectivity index (χ0v) is 15.6. The predicted molar refractivity (Wildman–Crippen MR) is 96.1 cm³/mol. The van der Waals surface area contributed by atoms with E-state index in [1.54, 1.807) is 24.3 Å². The Morgan fingerprint density at radius 1 is 1.04 bits per heavy atom. The van der Waals surface area contributed by atoms with Gasteiger partial charge in [-0.15, -0.1) is 0 Å². The quantitative estimate of drug-likeness (QED) is 0.729. The normalized spacial score (nSPS) is 18.5. The summed E-state index contributed by atoms with van der Waals surface area (Å²) in [5.41, 5.74) is 2.72. The second-order valence-corrected chi connectivity index (χ2v) is 9.17. The summed E-state index contributed by atoms with van der Waals surface area (Å²) in [7, 11) is -3.33. The smallest absolute Gasteiger partial charge is 0.194 e. The Hall–Kier alpha value is -1.13. The molecule has 0 saturated carbocycles. The third-order valence-electron chi connectivity index (χ3n) is 4.77. The highest BCUT2D eigenvalue weighted by Gasteiger charge is 2.34. The Kier molecular flexibility index (Phi) is 6.04. The van der Waals surface area contributed by atoms with E-state index in [2.05, 4.69) is 32.6 Å². The molecule has 3 nitrogen and oxygen atoms in total. The van der Waals surface area contributed by atoms with Gasteiger partial charge in [-0.25, -0.2) is 8.42 Å². The van der Waals surface area contributed by atoms with Gasteiger partial charge >= 0.3 is 0 Å². The molecule has 128 valence electrons. The van der Waals surface area contributed by atoms with Crippen LogP contribution in [0.25, 0.3) is 0 Å². The molecular weight excluding hydrogens is 306 g/mol. The molecule has 0 fully saturated rings. The van der Waals surface area contributed by atoms with Crippen molar-refractivity contribution in [3.05, 3.63) is 41.5 Å². The Labute approximate surface area is 141 Å². The van der Waals surface area contributed by atoms with Crippen LogP contribution in [0.1, 0.15) is 47.0 Å². The van der Waals surface area contributed by atoms with Crippen molar-refractivity contribution in [1.82, 2.24) is 4.90 Å². The van der Waals surface area contributed by atoms with Gasteiger partial charge < -0.3 is 0 Å². The molecule has 23 heavy (non-hydrogen) atoms. The summed E-state index contributed by atoms with van der Waals surface area (Å²) in [5.74, 6) is 0.506. The van der Waals surface area contributed by atoms with E-state index in [0.717, 1.165) is 25.9 Å². The zero-order valence-electron chi connectivity index (χ0n) is 14.7. The van der Waals surface area contributed by atoms with Crippen molar-refractivity contribution >= 4 is 9.84 Å². The average molecular weight is 336 g/mol. The van der Waals surface area contributed by atoms with Gasteiger partial charge in [-0.05, 0) is 51.2 Å². The van der Waals surface area contributed by atoms with E-state index < -0.39 is 15.2 Å². The number of benzene rings is 1. The summed E-state index contributed by atoms with van der Waals surface area (Å²) in [5, 5.41) is -0.421. The largest absolute Gasteiger partial charge is 0.283 e. The van der Waals surface area contributed by atoms with Crippen LogP contribution in [0.4, 0.5) is 0 Å². The Balaban J connectivity index is 2.31. The Morgan fingerprint density at radius 3 is 2.26 bits per heavy atom. The molecule has 0 spiro atoms. The van der Waals surface area contributed by atoms with E-state index in [1.807, 2.05) is 6.07 Å². The number of rotatable bonds is 6. The molecule has 1 atom stereocenters. The molecular formula is C19H29NO2S. The minimum Gasteiger partial charge on any atom is -0.283 e. The summed E-state index contributed by atoms with van der Waals surface area (Å²) in [6.45, 7) is 10.2. The van der Waals surface area contributed by atoms with Crippen LogP contribution in [0.3, 0.4) is 0 Å². The first-order valence-electron chi connectivity index (χ1n) is 8.50. The first-order valence-corrected chi connectivity index (χ1v) is 10.0. The summed E-state index contributed by atoms with van der Waals surface area (Å²) >= 11 is 0. The summed E-state index contributed by atoms with van der Waals surface area (Å²) < 4.78 is 26.3. The van der Waals surface area contributed by atoms with Crippen molar-refractivity contribution < 1.29 is 8.42 Å². The van der Waals surface area contributed by atoms with Crippen molar-refractivity contribution in [1.29, 1.82) is 0 Å². The molecule has 0 N–H and O–H groups in total. The first-order chi connectivity index (χ1) is 10.8. The van der Waals surface area contributed by atoms with Gasteiger partial charge in [0.05, 0.1) is 4.90 Å². The maximum atomic E-state index is 13.2. The van der Waals surface area contributed by atoms with E-state index in [9.17, 15) is 8.42 Å². The first kappa shape index (κ1) is 18.2. The van der Waals surface area contributed by atoms with Crippen molar-refractivity contribution in [3.63, 3.8) is 0 Å². The van der Waals surface area contributed by atoms with E-state index in [-0.39, 0.29) is 0 Å². The second kappa shape index (κ2) is 7.63. The van der Waals surface area contributed by atoms with Crippen LogP contribution in [0.2, 0.25) is 0 Å². The minimum absolute atomic E-state index is 0.421. The molecule has 0 amide bonds. The third kappa shape index (κ3) is 4.45. The second-order valence-electron chi connectivity index (χ2n) is 7.07. The Bertz CT molecular complexity index is 647. The molecule has 1 aliphatic heterocycles. The fraction of sp³-hybridized carbons (Fsp3) is 0.579. The highest BCUT2D eigenvalue weighted by Crippen LogP contribution is 2.28. The van der Waals surface area contributed by atoms with Gasteiger partial charge in [-0.1, -0.05) is 43.2 Å². The lowest BCUT2D eigenvalue weighted by molar-refractivity contribution is 0.240. The van der Waals surface area contributed by atoms with E-state index in [4.69, 9.17) is 0 Å². The third-order valence-corrected chi connectivity index (χ3v) is 6.95. The molecule has 0 radical (unpaired) electrons. The van der Waals surface area contributed by atoms with Gasteiger partial charge in [0.2, 0.25) is 0 Å². The molecule has 1 heterocycles. The molecule has 0 aliphatic carbocycles. The van der Waals surface area contributed by atoms with Gasteiger partial charge in [-0.2, -0.15) is 0 Å². The molecule has 1 unspecified atom stereocenters. The van der Waals surface area contributed by atoms with E-state index in [0.29, 0.717) is 17.2 Å². The van der Waals surface area contributed by atoms with Gasteiger partial charge in [-0.3, -0.25) is 4.90 Å². The number of sulfone groups is 1.